The van der Waals surface area contributed by atoms with Crippen molar-refractivity contribution in [3.63, 3.8) is 0 Å². The second kappa shape index (κ2) is 10.4. The summed E-state index contributed by atoms with van der Waals surface area (Å²) < 4.78 is 0. The van der Waals surface area contributed by atoms with E-state index in [0.717, 1.165) is 27.1 Å². The Bertz CT molecular complexity index is 1120. The summed E-state index contributed by atoms with van der Waals surface area (Å²) in [5, 5.41) is 7.58. The molecular formula is C25H25ClN2O2S. The van der Waals surface area contributed by atoms with Crippen molar-refractivity contribution in [2.24, 2.45) is 0 Å². The van der Waals surface area contributed by atoms with Crippen LogP contribution in [0.5, 0.6) is 0 Å². The first-order valence-electron chi connectivity index (χ1n) is 9.94. The van der Waals surface area contributed by atoms with E-state index in [-0.39, 0.29) is 11.8 Å². The molecule has 160 valence electrons. The van der Waals surface area contributed by atoms with Crippen LogP contribution in [0.1, 0.15) is 37.5 Å². The summed E-state index contributed by atoms with van der Waals surface area (Å²) in [5.41, 5.74) is 7.24. The molecule has 6 heteroatoms. The monoisotopic (exact) mass is 452 g/mol. The maximum absolute atomic E-state index is 12.3. The van der Waals surface area contributed by atoms with Gasteiger partial charge in [0, 0.05) is 29.4 Å². The van der Waals surface area contributed by atoms with Crippen LogP contribution in [0.2, 0.25) is 0 Å². The molecule has 0 aliphatic carbocycles. The van der Waals surface area contributed by atoms with Gasteiger partial charge in [-0.2, -0.15) is 0 Å². The first kappa shape index (κ1) is 22.8. The van der Waals surface area contributed by atoms with E-state index in [1.54, 1.807) is 48.7 Å². The molecule has 0 bridgehead atoms. The van der Waals surface area contributed by atoms with Gasteiger partial charge in [-0.15, -0.1) is 22.9 Å². The average molecular weight is 453 g/mol. The molecule has 0 saturated carbocycles. The zero-order valence-electron chi connectivity index (χ0n) is 17.8. The average Bonchev–Trinajstić information content (AvgIpc) is 3.24. The molecule has 0 fully saturated rings. The highest BCUT2D eigenvalue weighted by molar-refractivity contribution is 7.10. The van der Waals surface area contributed by atoms with Gasteiger partial charge >= 0.3 is 0 Å². The molecule has 0 spiro atoms. The minimum Gasteiger partial charge on any atom is -0.355 e. The molecule has 2 aromatic carbocycles. The van der Waals surface area contributed by atoms with Crippen LogP contribution in [-0.4, -0.2) is 18.9 Å². The Balaban J connectivity index is 1.67. The minimum atomic E-state index is -0.170. The van der Waals surface area contributed by atoms with Crippen molar-refractivity contribution in [1.82, 2.24) is 10.6 Å². The lowest BCUT2D eigenvalue weighted by Gasteiger charge is -2.13. The van der Waals surface area contributed by atoms with Crippen molar-refractivity contribution in [3.8, 4) is 11.1 Å². The molecule has 3 aromatic rings. The van der Waals surface area contributed by atoms with Crippen LogP contribution in [-0.2, 0) is 17.2 Å². The molecule has 2 N–H and O–H groups in total. The highest BCUT2D eigenvalue weighted by Gasteiger charge is 2.13. The maximum Gasteiger partial charge on any atom is 0.251 e. The van der Waals surface area contributed by atoms with Gasteiger partial charge in [-0.1, -0.05) is 24.3 Å². The fourth-order valence-electron chi connectivity index (χ4n) is 3.40. The third-order valence-corrected chi connectivity index (χ3v) is 6.44. The summed E-state index contributed by atoms with van der Waals surface area (Å²) in [5.74, 6) is 0.176. The summed E-state index contributed by atoms with van der Waals surface area (Å²) >= 11 is 7.77. The molecule has 3 rings (SSSR count). The molecule has 0 saturated heterocycles. The van der Waals surface area contributed by atoms with E-state index in [1.165, 1.54) is 17.2 Å². The standard InChI is InChI=1S/C25H25ClN2O2S/c1-16-4-10-20(17(2)22(16)14-26)21-12-13-31-23(21)15-28-24(29)11-7-18-5-8-19(9-6-18)25(30)27-3/h4-13H,14-15H2,1-3H3,(H,27,30)(H,28,29). The number of halogens is 1. The fourth-order valence-corrected chi connectivity index (χ4v) is 4.64. The van der Waals surface area contributed by atoms with Gasteiger partial charge in [0.15, 0.2) is 0 Å². The van der Waals surface area contributed by atoms with E-state index < -0.39 is 0 Å². The molecule has 31 heavy (non-hydrogen) atoms. The van der Waals surface area contributed by atoms with Gasteiger partial charge in [-0.05, 0) is 76.9 Å². The first-order valence-corrected chi connectivity index (χ1v) is 11.4. The lowest BCUT2D eigenvalue weighted by atomic mass is 9.94. The van der Waals surface area contributed by atoms with Crippen LogP contribution in [0.3, 0.4) is 0 Å². The van der Waals surface area contributed by atoms with E-state index in [2.05, 4.69) is 42.7 Å². The smallest absolute Gasteiger partial charge is 0.251 e. The number of rotatable bonds is 7. The van der Waals surface area contributed by atoms with Crippen LogP contribution >= 0.6 is 22.9 Å². The number of thiophene rings is 1. The largest absolute Gasteiger partial charge is 0.355 e. The summed E-state index contributed by atoms with van der Waals surface area (Å²) in [6.07, 6.45) is 3.24. The lowest BCUT2D eigenvalue weighted by Crippen LogP contribution is -2.20. The molecule has 2 amide bonds. The van der Waals surface area contributed by atoms with Crippen LogP contribution in [0.4, 0.5) is 0 Å². The van der Waals surface area contributed by atoms with Gasteiger partial charge in [0.1, 0.15) is 0 Å². The fraction of sp³-hybridized carbons (Fsp3) is 0.200. The van der Waals surface area contributed by atoms with E-state index in [9.17, 15) is 9.59 Å². The molecule has 1 heterocycles. The predicted octanol–water partition coefficient (Wildman–Crippen LogP) is 5.46. The highest BCUT2D eigenvalue weighted by Crippen LogP contribution is 2.33. The normalized spacial score (nSPS) is 11.0. The number of amides is 2. The Morgan fingerprint density at radius 1 is 1.03 bits per heavy atom. The SMILES string of the molecule is CNC(=O)c1ccc(C=CC(=O)NCc2sccc2-c2ccc(C)c(CCl)c2C)cc1. The Labute approximate surface area is 192 Å². The van der Waals surface area contributed by atoms with E-state index in [1.807, 2.05) is 5.38 Å². The number of benzene rings is 2. The van der Waals surface area contributed by atoms with Gasteiger partial charge in [-0.25, -0.2) is 0 Å². The Morgan fingerprint density at radius 2 is 1.77 bits per heavy atom. The number of alkyl halides is 1. The van der Waals surface area contributed by atoms with Crippen LogP contribution in [0, 0.1) is 13.8 Å². The number of carbonyl (C=O) groups excluding carboxylic acids is 2. The molecule has 1 aromatic heterocycles. The van der Waals surface area contributed by atoms with Crippen molar-refractivity contribution in [3.05, 3.63) is 86.6 Å². The highest BCUT2D eigenvalue weighted by atomic mass is 35.5. The van der Waals surface area contributed by atoms with Gasteiger partial charge in [-0.3, -0.25) is 9.59 Å². The Hall–Kier alpha value is -2.89. The predicted molar refractivity (Wildman–Crippen MR) is 129 cm³/mol. The number of aryl methyl sites for hydroxylation is 1. The van der Waals surface area contributed by atoms with Crippen LogP contribution < -0.4 is 10.6 Å². The molecule has 0 aliphatic rings. The van der Waals surface area contributed by atoms with Crippen molar-refractivity contribution in [1.29, 1.82) is 0 Å². The van der Waals surface area contributed by atoms with E-state index in [0.29, 0.717) is 18.0 Å². The van der Waals surface area contributed by atoms with Gasteiger partial charge in [0.05, 0.1) is 6.54 Å². The topological polar surface area (TPSA) is 58.2 Å². The Kier molecular flexibility index (Phi) is 7.66. The van der Waals surface area contributed by atoms with Gasteiger partial charge < -0.3 is 10.6 Å². The third kappa shape index (κ3) is 5.43. The molecule has 0 aliphatic heterocycles. The quantitative estimate of drug-likeness (QED) is 0.369. The van der Waals surface area contributed by atoms with Crippen molar-refractivity contribution < 1.29 is 9.59 Å². The van der Waals surface area contributed by atoms with Crippen molar-refractivity contribution in [2.45, 2.75) is 26.3 Å². The summed E-state index contributed by atoms with van der Waals surface area (Å²) in [6.45, 7) is 4.62. The minimum absolute atomic E-state index is 0.137. The molecule has 0 atom stereocenters. The second-order valence-electron chi connectivity index (χ2n) is 7.18. The number of nitrogens with one attached hydrogen (secondary N) is 2. The van der Waals surface area contributed by atoms with Gasteiger partial charge in [0.25, 0.3) is 5.91 Å². The first-order chi connectivity index (χ1) is 14.9. The zero-order chi connectivity index (χ0) is 22.4. The van der Waals surface area contributed by atoms with Gasteiger partial charge in [0.2, 0.25) is 5.91 Å². The summed E-state index contributed by atoms with van der Waals surface area (Å²) in [6, 6.07) is 13.4. The van der Waals surface area contributed by atoms with E-state index in [4.69, 9.17) is 11.6 Å². The second-order valence-corrected chi connectivity index (χ2v) is 8.44. The molecule has 0 radical (unpaired) electrons. The summed E-state index contributed by atoms with van der Waals surface area (Å²) in [4.78, 5) is 25.0. The molecule has 0 unspecified atom stereocenters. The van der Waals surface area contributed by atoms with Crippen LogP contribution in [0.15, 0.2) is 53.9 Å². The lowest BCUT2D eigenvalue weighted by molar-refractivity contribution is -0.116. The number of hydrogen-bond donors (Lipinski definition) is 2. The number of carbonyl (C=O) groups is 2. The molecular weight excluding hydrogens is 428 g/mol. The van der Waals surface area contributed by atoms with Crippen molar-refractivity contribution >= 4 is 40.8 Å². The van der Waals surface area contributed by atoms with E-state index >= 15 is 0 Å². The summed E-state index contributed by atoms with van der Waals surface area (Å²) in [7, 11) is 1.59. The maximum atomic E-state index is 12.3. The number of hydrogen-bond acceptors (Lipinski definition) is 3. The third-order valence-electron chi connectivity index (χ3n) is 5.25. The Morgan fingerprint density at radius 3 is 2.45 bits per heavy atom. The zero-order valence-corrected chi connectivity index (χ0v) is 19.4. The molecule has 4 nitrogen and oxygen atoms in total. The van der Waals surface area contributed by atoms with Crippen molar-refractivity contribution in [2.75, 3.05) is 7.05 Å². The van der Waals surface area contributed by atoms with Crippen LogP contribution in [0.25, 0.3) is 17.2 Å².